The predicted octanol–water partition coefficient (Wildman–Crippen LogP) is 3.18. The minimum absolute atomic E-state index is 0.165. The Labute approximate surface area is 152 Å². The highest BCUT2D eigenvalue weighted by Gasteiger charge is 2.32. The Bertz CT molecular complexity index is 1010. The molecule has 0 radical (unpaired) electrons. The summed E-state index contributed by atoms with van der Waals surface area (Å²) >= 11 is 0. The molecule has 6 nitrogen and oxygen atoms in total. The summed E-state index contributed by atoms with van der Waals surface area (Å²) in [5.41, 5.74) is 1.27. The summed E-state index contributed by atoms with van der Waals surface area (Å²) in [6, 6.07) is 6.13. The van der Waals surface area contributed by atoms with Crippen molar-refractivity contribution in [1.82, 2.24) is 4.57 Å². The zero-order chi connectivity index (χ0) is 19.1. The number of nitrogens with one attached hydrogen (secondary N) is 2. The van der Waals surface area contributed by atoms with Crippen molar-refractivity contribution in [3.63, 3.8) is 0 Å². The molecule has 2 N–H and O–H groups in total. The van der Waals surface area contributed by atoms with Crippen LogP contribution < -0.4 is 15.6 Å². The minimum atomic E-state index is -3.55. The molecule has 1 aromatic heterocycles. The van der Waals surface area contributed by atoms with E-state index in [9.17, 15) is 17.6 Å². The standard InChI is InChI=1S/C18H22FN3O3S/c1-11-7-8-15(14(19)9-11)20-17-16(10-12(2)18(23)22(17)3)21-26(24,25)13-5-4-6-13/h7-10,13,20-21H,4-6H2,1-3H3. The van der Waals surface area contributed by atoms with Crippen molar-refractivity contribution in [2.45, 2.75) is 38.4 Å². The molecule has 2 aromatic rings. The van der Waals surface area contributed by atoms with Crippen molar-refractivity contribution in [2.75, 3.05) is 10.0 Å². The van der Waals surface area contributed by atoms with Gasteiger partial charge in [-0.1, -0.05) is 12.5 Å². The van der Waals surface area contributed by atoms with Crippen molar-refractivity contribution in [3.8, 4) is 0 Å². The predicted molar refractivity (Wildman–Crippen MR) is 101 cm³/mol. The summed E-state index contributed by atoms with van der Waals surface area (Å²) < 4.78 is 43.1. The number of benzene rings is 1. The van der Waals surface area contributed by atoms with Crippen LogP contribution in [0.3, 0.4) is 0 Å². The third kappa shape index (κ3) is 3.46. The topological polar surface area (TPSA) is 80.2 Å². The van der Waals surface area contributed by atoms with Crippen LogP contribution in [0.2, 0.25) is 0 Å². The van der Waals surface area contributed by atoms with Gasteiger partial charge in [0.15, 0.2) is 0 Å². The van der Waals surface area contributed by atoms with Crippen molar-refractivity contribution in [1.29, 1.82) is 0 Å². The van der Waals surface area contributed by atoms with Gasteiger partial charge in [0.05, 0.1) is 16.6 Å². The van der Waals surface area contributed by atoms with E-state index >= 15 is 0 Å². The lowest BCUT2D eigenvalue weighted by Gasteiger charge is -2.27. The second-order valence-electron chi connectivity index (χ2n) is 6.76. The van der Waals surface area contributed by atoms with Crippen LogP contribution in [0.5, 0.6) is 0 Å². The maximum atomic E-state index is 14.2. The number of rotatable bonds is 5. The molecule has 0 atom stereocenters. The third-order valence-electron chi connectivity index (χ3n) is 4.71. The summed E-state index contributed by atoms with van der Waals surface area (Å²) in [5.74, 6) is -0.280. The molecule has 140 valence electrons. The summed E-state index contributed by atoms with van der Waals surface area (Å²) in [6.45, 7) is 3.38. The van der Waals surface area contributed by atoms with Gasteiger partial charge in [0.25, 0.3) is 5.56 Å². The molecular formula is C18H22FN3O3S. The number of hydrogen-bond donors (Lipinski definition) is 2. The molecule has 1 aromatic carbocycles. The zero-order valence-electron chi connectivity index (χ0n) is 15.0. The van der Waals surface area contributed by atoms with Gasteiger partial charge < -0.3 is 5.32 Å². The maximum Gasteiger partial charge on any atom is 0.254 e. The zero-order valence-corrected chi connectivity index (χ0v) is 15.8. The Morgan fingerprint density at radius 2 is 1.85 bits per heavy atom. The van der Waals surface area contributed by atoms with Crippen LogP contribution in [0.4, 0.5) is 21.6 Å². The summed E-state index contributed by atoms with van der Waals surface area (Å²) in [4.78, 5) is 12.3. The highest BCUT2D eigenvalue weighted by atomic mass is 32.2. The van der Waals surface area contributed by atoms with Gasteiger partial charge >= 0.3 is 0 Å². The molecular weight excluding hydrogens is 357 g/mol. The average Bonchev–Trinajstić information content (AvgIpc) is 2.48. The van der Waals surface area contributed by atoms with Gasteiger partial charge in [0.2, 0.25) is 10.0 Å². The van der Waals surface area contributed by atoms with E-state index in [0.29, 0.717) is 18.4 Å². The molecule has 0 bridgehead atoms. The van der Waals surface area contributed by atoms with E-state index in [0.717, 1.165) is 12.0 Å². The fraction of sp³-hybridized carbons (Fsp3) is 0.389. The summed E-state index contributed by atoms with van der Waals surface area (Å²) in [7, 11) is -2.03. The first-order valence-electron chi connectivity index (χ1n) is 8.44. The molecule has 1 aliphatic rings. The number of hydrogen-bond acceptors (Lipinski definition) is 4. The van der Waals surface area contributed by atoms with Gasteiger partial charge in [-0.05, 0) is 50.5 Å². The molecule has 1 saturated carbocycles. The van der Waals surface area contributed by atoms with Crippen LogP contribution in [0.15, 0.2) is 29.1 Å². The van der Waals surface area contributed by atoms with Gasteiger partial charge in [-0.2, -0.15) is 0 Å². The molecule has 0 aliphatic heterocycles. The number of halogens is 1. The number of aryl methyl sites for hydroxylation is 2. The largest absolute Gasteiger partial charge is 0.337 e. The van der Waals surface area contributed by atoms with Crippen LogP contribution >= 0.6 is 0 Å². The Morgan fingerprint density at radius 1 is 1.15 bits per heavy atom. The number of sulfonamides is 1. The van der Waals surface area contributed by atoms with Crippen molar-refractivity contribution in [2.24, 2.45) is 7.05 Å². The molecule has 8 heteroatoms. The summed E-state index contributed by atoms with van der Waals surface area (Å²) in [6.07, 6.45) is 2.13. The molecule has 3 rings (SSSR count). The molecule has 0 saturated heterocycles. The van der Waals surface area contributed by atoms with Gasteiger partial charge in [0, 0.05) is 12.6 Å². The van der Waals surface area contributed by atoms with E-state index in [1.54, 1.807) is 26.0 Å². The Balaban J connectivity index is 2.05. The van der Waals surface area contributed by atoms with Crippen molar-refractivity contribution in [3.05, 3.63) is 51.6 Å². The van der Waals surface area contributed by atoms with Crippen LogP contribution in [0, 0.1) is 19.7 Å². The van der Waals surface area contributed by atoms with Gasteiger partial charge in [-0.15, -0.1) is 0 Å². The van der Waals surface area contributed by atoms with Crippen molar-refractivity contribution >= 4 is 27.2 Å². The van der Waals surface area contributed by atoms with E-state index < -0.39 is 21.1 Å². The fourth-order valence-corrected chi connectivity index (χ4v) is 4.47. The van der Waals surface area contributed by atoms with Crippen molar-refractivity contribution < 1.29 is 12.8 Å². The Hall–Kier alpha value is -2.35. The maximum absolute atomic E-state index is 14.2. The molecule has 0 spiro atoms. The first-order chi connectivity index (χ1) is 12.2. The third-order valence-corrected chi connectivity index (χ3v) is 6.57. The fourth-order valence-electron chi connectivity index (χ4n) is 2.89. The SMILES string of the molecule is Cc1ccc(Nc2c(NS(=O)(=O)C3CCC3)cc(C)c(=O)n2C)c(F)c1. The van der Waals surface area contributed by atoms with Crippen LogP contribution in [-0.4, -0.2) is 18.2 Å². The average molecular weight is 379 g/mol. The molecule has 1 fully saturated rings. The van der Waals surface area contributed by atoms with Gasteiger partial charge in [0.1, 0.15) is 11.6 Å². The first kappa shape index (κ1) is 18.4. The Morgan fingerprint density at radius 3 is 2.42 bits per heavy atom. The highest BCUT2D eigenvalue weighted by Crippen LogP contribution is 2.31. The van der Waals surface area contributed by atoms with Crippen LogP contribution in [-0.2, 0) is 17.1 Å². The van der Waals surface area contributed by atoms with E-state index in [-0.39, 0.29) is 22.8 Å². The molecule has 0 amide bonds. The second kappa shape index (κ2) is 6.75. The number of anilines is 3. The number of pyridine rings is 1. The number of aromatic nitrogens is 1. The highest BCUT2D eigenvalue weighted by molar-refractivity contribution is 7.93. The first-order valence-corrected chi connectivity index (χ1v) is 9.99. The molecule has 0 unspecified atom stereocenters. The minimum Gasteiger partial charge on any atom is -0.337 e. The van der Waals surface area contributed by atoms with Crippen LogP contribution in [0.1, 0.15) is 30.4 Å². The normalized spacial score (nSPS) is 14.8. The Kier molecular flexibility index (Phi) is 4.79. The molecule has 26 heavy (non-hydrogen) atoms. The second-order valence-corrected chi connectivity index (χ2v) is 8.72. The van der Waals surface area contributed by atoms with Crippen LogP contribution in [0.25, 0.3) is 0 Å². The molecule has 1 aliphatic carbocycles. The smallest absolute Gasteiger partial charge is 0.254 e. The lowest BCUT2D eigenvalue weighted by atomic mass is 10.0. The van der Waals surface area contributed by atoms with Gasteiger partial charge in [-0.3, -0.25) is 14.1 Å². The van der Waals surface area contributed by atoms with E-state index in [1.807, 2.05) is 0 Å². The van der Waals surface area contributed by atoms with E-state index in [2.05, 4.69) is 10.0 Å². The van der Waals surface area contributed by atoms with Gasteiger partial charge in [-0.25, -0.2) is 12.8 Å². The summed E-state index contributed by atoms with van der Waals surface area (Å²) in [5, 5.41) is 2.44. The quantitative estimate of drug-likeness (QED) is 0.836. The number of nitrogens with zero attached hydrogens (tertiary/aromatic N) is 1. The van der Waals surface area contributed by atoms with E-state index in [1.165, 1.54) is 23.7 Å². The lowest BCUT2D eigenvalue weighted by Crippen LogP contribution is -2.34. The van der Waals surface area contributed by atoms with E-state index in [4.69, 9.17) is 0 Å². The molecule has 1 heterocycles. The monoisotopic (exact) mass is 379 g/mol. The lowest BCUT2D eigenvalue weighted by molar-refractivity contribution is 0.479.